The molecule has 9 heteroatoms. The van der Waals surface area contributed by atoms with Crippen LogP contribution in [0.1, 0.15) is 27.6 Å². The van der Waals surface area contributed by atoms with Crippen molar-refractivity contribution in [1.82, 2.24) is 4.98 Å². The van der Waals surface area contributed by atoms with Crippen LogP contribution in [0.2, 0.25) is 0 Å². The van der Waals surface area contributed by atoms with Gasteiger partial charge in [0.05, 0.1) is 6.61 Å². The molecule has 2 aromatic rings. The molecule has 0 amide bonds. The van der Waals surface area contributed by atoms with Crippen LogP contribution < -0.4 is 16.0 Å². The van der Waals surface area contributed by atoms with E-state index in [1.807, 2.05) is 4.98 Å². The fraction of sp³-hybridized carbons (Fsp3) is 0.133. The molecule has 0 radical (unpaired) electrons. The van der Waals surface area contributed by atoms with Gasteiger partial charge in [-0.2, -0.15) is 0 Å². The van der Waals surface area contributed by atoms with Gasteiger partial charge < -0.3 is 25.7 Å². The summed E-state index contributed by atoms with van der Waals surface area (Å²) >= 11 is 0. The van der Waals surface area contributed by atoms with Gasteiger partial charge in [-0.05, 0) is 19.1 Å². The minimum Gasteiger partial charge on any atom is -0.493 e. The molecule has 24 heavy (non-hydrogen) atoms. The molecule has 2 rings (SSSR count). The monoisotopic (exact) mass is 336 g/mol. The lowest BCUT2D eigenvalue weighted by Gasteiger charge is -2.15. The number of carbonyl (C=O) groups is 2. The molecule has 0 spiro atoms. The highest BCUT2D eigenvalue weighted by atomic mass is 19.1. The van der Waals surface area contributed by atoms with E-state index in [0.29, 0.717) is 0 Å². The standard InChI is InChI=1S/C15H13FN2O6/c1-2-24-8-5-6(16)3-4-7(8)9-10(14(20)21)12(17)18-13(19)11(9)15(22)23/h3-5H,2H2,1H3,(H,20,21)(H,22,23)(H3,17,18,19). The van der Waals surface area contributed by atoms with Crippen molar-refractivity contribution in [2.24, 2.45) is 0 Å². The SMILES string of the molecule is CCOc1cc(F)ccc1-c1c(C(=O)O)c(N)[nH]c(=O)c1C(=O)O. The molecule has 8 nitrogen and oxygen atoms in total. The lowest BCUT2D eigenvalue weighted by atomic mass is 9.94. The van der Waals surface area contributed by atoms with Crippen LogP contribution in [0.25, 0.3) is 11.1 Å². The summed E-state index contributed by atoms with van der Waals surface area (Å²) in [5.41, 5.74) is 2.52. The number of aromatic carboxylic acids is 2. The number of carboxylic acids is 2. The maximum atomic E-state index is 13.5. The topological polar surface area (TPSA) is 143 Å². The molecule has 1 aromatic heterocycles. The Hall–Kier alpha value is -3.36. The minimum absolute atomic E-state index is 0.0640. The number of nitrogens with two attached hydrogens (primary N) is 1. The van der Waals surface area contributed by atoms with Crippen LogP contribution in [-0.4, -0.2) is 33.7 Å². The van der Waals surface area contributed by atoms with Crippen molar-refractivity contribution in [3.63, 3.8) is 0 Å². The average molecular weight is 336 g/mol. The lowest BCUT2D eigenvalue weighted by Crippen LogP contribution is -2.24. The second-order valence-corrected chi connectivity index (χ2v) is 4.68. The van der Waals surface area contributed by atoms with Crippen LogP contribution in [0.4, 0.5) is 10.2 Å². The molecule has 126 valence electrons. The highest BCUT2D eigenvalue weighted by molar-refractivity contribution is 6.08. The van der Waals surface area contributed by atoms with Gasteiger partial charge in [0.15, 0.2) is 0 Å². The first-order valence-corrected chi connectivity index (χ1v) is 6.73. The van der Waals surface area contributed by atoms with E-state index in [0.717, 1.165) is 18.2 Å². The van der Waals surface area contributed by atoms with Crippen molar-refractivity contribution < 1.29 is 28.9 Å². The molecular formula is C15H13FN2O6. The quantitative estimate of drug-likeness (QED) is 0.648. The summed E-state index contributed by atoms with van der Waals surface area (Å²) in [7, 11) is 0. The van der Waals surface area contributed by atoms with Crippen molar-refractivity contribution in [3.8, 4) is 16.9 Å². The minimum atomic E-state index is -1.65. The van der Waals surface area contributed by atoms with E-state index in [2.05, 4.69) is 0 Å². The van der Waals surface area contributed by atoms with Gasteiger partial charge in [0.25, 0.3) is 5.56 Å². The number of hydrogen-bond acceptors (Lipinski definition) is 5. The van der Waals surface area contributed by atoms with Crippen LogP contribution >= 0.6 is 0 Å². The number of aromatic nitrogens is 1. The zero-order chi connectivity index (χ0) is 18.0. The molecular weight excluding hydrogens is 323 g/mol. The second kappa shape index (κ2) is 6.41. The van der Waals surface area contributed by atoms with Gasteiger partial charge in [-0.3, -0.25) is 4.79 Å². The molecule has 5 N–H and O–H groups in total. The number of H-pyrrole nitrogens is 1. The van der Waals surface area contributed by atoms with Gasteiger partial charge in [-0.25, -0.2) is 14.0 Å². The van der Waals surface area contributed by atoms with E-state index in [1.165, 1.54) is 0 Å². The third kappa shape index (κ3) is 2.91. The van der Waals surface area contributed by atoms with Crippen molar-refractivity contribution in [2.45, 2.75) is 6.92 Å². The largest absolute Gasteiger partial charge is 0.493 e. The fourth-order valence-electron chi connectivity index (χ4n) is 2.29. The molecule has 0 saturated carbocycles. The predicted molar refractivity (Wildman–Crippen MR) is 82.0 cm³/mol. The van der Waals surface area contributed by atoms with E-state index < -0.39 is 45.8 Å². The summed E-state index contributed by atoms with van der Waals surface area (Å²) in [6.07, 6.45) is 0. The first-order valence-electron chi connectivity index (χ1n) is 6.73. The number of rotatable bonds is 5. The van der Waals surface area contributed by atoms with Crippen molar-refractivity contribution in [3.05, 3.63) is 45.5 Å². The third-order valence-electron chi connectivity index (χ3n) is 3.19. The van der Waals surface area contributed by atoms with Gasteiger partial charge in [-0.1, -0.05) is 0 Å². The molecule has 0 bridgehead atoms. The molecule has 1 aromatic carbocycles. The van der Waals surface area contributed by atoms with Crippen molar-refractivity contribution in [1.29, 1.82) is 0 Å². The molecule has 0 fully saturated rings. The Labute approximate surface area is 134 Å². The number of benzene rings is 1. The van der Waals surface area contributed by atoms with Gasteiger partial charge in [0.1, 0.15) is 28.5 Å². The molecule has 0 unspecified atom stereocenters. The highest BCUT2D eigenvalue weighted by Crippen LogP contribution is 2.36. The van der Waals surface area contributed by atoms with E-state index >= 15 is 0 Å². The van der Waals surface area contributed by atoms with Crippen LogP contribution in [0.3, 0.4) is 0 Å². The summed E-state index contributed by atoms with van der Waals surface area (Å²) in [5.74, 6) is -4.49. The fourth-order valence-corrected chi connectivity index (χ4v) is 2.29. The van der Waals surface area contributed by atoms with Crippen LogP contribution in [-0.2, 0) is 0 Å². The predicted octanol–water partition coefficient (Wildman–Crippen LogP) is 1.56. The van der Waals surface area contributed by atoms with Crippen LogP contribution in [0.15, 0.2) is 23.0 Å². The Morgan fingerprint density at radius 3 is 2.42 bits per heavy atom. The summed E-state index contributed by atoms with van der Waals surface area (Å²) in [6.45, 7) is 1.72. The summed E-state index contributed by atoms with van der Waals surface area (Å²) < 4.78 is 18.7. The third-order valence-corrected chi connectivity index (χ3v) is 3.19. The molecule has 0 atom stereocenters. The number of aromatic amines is 1. The number of carboxylic acid groups (broad SMARTS) is 2. The van der Waals surface area contributed by atoms with E-state index in [4.69, 9.17) is 10.5 Å². The number of halogens is 1. The van der Waals surface area contributed by atoms with E-state index in [1.54, 1.807) is 6.92 Å². The first kappa shape index (κ1) is 17.0. The number of nitrogens with one attached hydrogen (secondary N) is 1. The van der Waals surface area contributed by atoms with Crippen molar-refractivity contribution >= 4 is 17.8 Å². The maximum Gasteiger partial charge on any atom is 0.342 e. The van der Waals surface area contributed by atoms with Gasteiger partial charge in [-0.15, -0.1) is 0 Å². The lowest BCUT2D eigenvalue weighted by molar-refractivity contribution is 0.0695. The number of ether oxygens (including phenoxy) is 1. The Morgan fingerprint density at radius 2 is 1.88 bits per heavy atom. The van der Waals surface area contributed by atoms with Crippen LogP contribution in [0.5, 0.6) is 5.75 Å². The van der Waals surface area contributed by atoms with Crippen LogP contribution in [0, 0.1) is 5.82 Å². The molecule has 0 aliphatic rings. The molecule has 0 saturated heterocycles. The van der Waals surface area contributed by atoms with E-state index in [-0.39, 0.29) is 17.9 Å². The summed E-state index contributed by atoms with van der Waals surface area (Å²) in [6, 6.07) is 3.09. The van der Waals surface area contributed by atoms with Gasteiger partial charge in [0, 0.05) is 17.2 Å². The average Bonchev–Trinajstić information content (AvgIpc) is 2.46. The molecule has 0 aliphatic heterocycles. The second-order valence-electron chi connectivity index (χ2n) is 4.68. The zero-order valence-electron chi connectivity index (χ0n) is 12.4. The Bertz CT molecular complexity index is 890. The molecule has 0 aliphatic carbocycles. The maximum absolute atomic E-state index is 13.5. The summed E-state index contributed by atoms with van der Waals surface area (Å²) in [4.78, 5) is 36.9. The van der Waals surface area contributed by atoms with E-state index in [9.17, 15) is 29.0 Å². The number of hydrogen-bond donors (Lipinski definition) is 4. The Kier molecular flexibility index (Phi) is 4.54. The molecule has 1 heterocycles. The number of pyridine rings is 1. The highest BCUT2D eigenvalue weighted by Gasteiger charge is 2.28. The summed E-state index contributed by atoms with van der Waals surface area (Å²) in [5, 5.41) is 18.7. The number of anilines is 1. The van der Waals surface area contributed by atoms with Gasteiger partial charge >= 0.3 is 11.9 Å². The normalized spacial score (nSPS) is 10.4. The Morgan fingerprint density at radius 1 is 1.25 bits per heavy atom. The van der Waals surface area contributed by atoms with Gasteiger partial charge in [0.2, 0.25) is 0 Å². The Balaban J connectivity index is 3.00. The number of nitrogen functional groups attached to an aromatic ring is 1. The first-order chi connectivity index (χ1) is 11.3. The smallest absolute Gasteiger partial charge is 0.342 e. The van der Waals surface area contributed by atoms with Crippen molar-refractivity contribution in [2.75, 3.05) is 12.3 Å². The zero-order valence-corrected chi connectivity index (χ0v) is 12.4.